The molecule has 2 heterocycles. The number of fused-ring (bicyclic) bond motifs is 5. The van der Waals surface area contributed by atoms with Gasteiger partial charge in [-0.2, -0.15) is 0 Å². The molecule has 0 unspecified atom stereocenters. The summed E-state index contributed by atoms with van der Waals surface area (Å²) in [5.41, 5.74) is 2.97. The SMILES string of the molecule is O=c1oc2ccccc2c2c1CCOc1ccccc1-2. The van der Waals surface area contributed by atoms with Crippen molar-refractivity contribution in [3.63, 3.8) is 0 Å². The molecular weight excluding hydrogens is 252 g/mol. The van der Waals surface area contributed by atoms with Crippen molar-refractivity contribution in [3.8, 4) is 16.9 Å². The Morgan fingerprint density at radius 1 is 0.950 bits per heavy atom. The van der Waals surface area contributed by atoms with Crippen molar-refractivity contribution in [2.45, 2.75) is 6.42 Å². The quantitative estimate of drug-likeness (QED) is 0.584. The molecule has 1 aliphatic rings. The van der Waals surface area contributed by atoms with Gasteiger partial charge in [0.05, 0.1) is 6.61 Å². The first-order valence-corrected chi connectivity index (χ1v) is 6.61. The first-order chi connectivity index (χ1) is 9.84. The van der Waals surface area contributed by atoms with Gasteiger partial charge in [-0.15, -0.1) is 0 Å². The summed E-state index contributed by atoms with van der Waals surface area (Å²) in [6.07, 6.45) is 0.567. The van der Waals surface area contributed by atoms with Crippen LogP contribution in [0.1, 0.15) is 5.56 Å². The van der Waals surface area contributed by atoms with E-state index < -0.39 is 0 Å². The Hall–Kier alpha value is -2.55. The highest BCUT2D eigenvalue weighted by molar-refractivity contribution is 5.96. The highest BCUT2D eigenvalue weighted by Gasteiger charge is 2.21. The van der Waals surface area contributed by atoms with Crippen LogP contribution in [-0.2, 0) is 6.42 Å². The second kappa shape index (κ2) is 4.23. The molecule has 0 radical (unpaired) electrons. The van der Waals surface area contributed by atoms with Gasteiger partial charge in [-0.1, -0.05) is 36.4 Å². The first-order valence-electron chi connectivity index (χ1n) is 6.61. The van der Waals surface area contributed by atoms with Crippen LogP contribution in [-0.4, -0.2) is 6.61 Å². The molecule has 3 aromatic rings. The van der Waals surface area contributed by atoms with Crippen LogP contribution in [0.2, 0.25) is 0 Å². The Morgan fingerprint density at radius 3 is 2.70 bits per heavy atom. The van der Waals surface area contributed by atoms with Crippen molar-refractivity contribution < 1.29 is 9.15 Å². The Morgan fingerprint density at radius 2 is 1.75 bits per heavy atom. The van der Waals surface area contributed by atoms with Crippen molar-refractivity contribution in [2.75, 3.05) is 6.61 Å². The van der Waals surface area contributed by atoms with Crippen molar-refractivity contribution in [1.82, 2.24) is 0 Å². The van der Waals surface area contributed by atoms with Gasteiger partial charge in [-0.25, -0.2) is 4.79 Å². The van der Waals surface area contributed by atoms with Crippen molar-refractivity contribution in [3.05, 3.63) is 64.5 Å². The zero-order valence-corrected chi connectivity index (χ0v) is 10.8. The summed E-state index contributed by atoms with van der Waals surface area (Å²) in [5, 5.41) is 0.958. The summed E-state index contributed by atoms with van der Waals surface area (Å²) < 4.78 is 11.2. The van der Waals surface area contributed by atoms with Crippen LogP contribution in [0.4, 0.5) is 0 Å². The molecule has 0 amide bonds. The summed E-state index contributed by atoms with van der Waals surface area (Å²) in [5.74, 6) is 0.821. The van der Waals surface area contributed by atoms with Crippen LogP contribution >= 0.6 is 0 Å². The Balaban J connectivity index is 2.21. The number of ether oxygens (including phenoxy) is 1. The lowest BCUT2D eigenvalue weighted by Gasteiger charge is -2.10. The normalized spacial score (nSPS) is 13.2. The van der Waals surface area contributed by atoms with Crippen LogP contribution < -0.4 is 10.4 Å². The maximum atomic E-state index is 12.2. The maximum Gasteiger partial charge on any atom is 0.340 e. The fraction of sp³-hybridized carbons (Fsp3) is 0.118. The largest absolute Gasteiger partial charge is 0.493 e. The van der Waals surface area contributed by atoms with Gasteiger partial charge in [0, 0.05) is 28.5 Å². The predicted octanol–water partition coefficient (Wildman–Crippen LogP) is 3.39. The molecule has 1 aliphatic heterocycles. The van der Waals surface area contributed by atoms with E-state index in [1.54, 1.807) is 0 Å². The molecule has 3 heteroatoms. The highest BCUT2D eigenvalue weighted by atomic mass is 16.5. The minimum Gasteiger partial charge on any atom is -0.493 e. The van der Waals surface area contributed by atoms with E-state index in [0.717, 1.165) is 22.3 Å². The molecule has 0 atom stereocenters. The fourth-order valence-electron chi connectivity index (χ4n) is 2.79. The summed E-state index contributed by atoms with van der Waals surface area (Å²) >= 11 is 0. The van der Waals surface area contributed by atoms with E-state index in [2.05, 4.69) is 0 Å². The first kappa shape index (κ1) is 11.3. The zero-order chi connectivity index (χ0) is 13.5. The van der Waals surface area contributed by atoms with Crippen LogP contribution in [0, 0.1) is 0 Å². The molecule has 0 bridgehead atoms. The number of hydrogen-bond acceptors (Lipinski definition) is 3. The molecule has 0 N–H and O–H groups in total. The van der Waals surface area contributed by atoms with Gasteiger partial charge in [0.25, 0.3) is 0 Å². The monoisotopic (exact) mass is 264 g/mol. The molecule has 2 aromatic carbocycles. The van der Waals surface area contributed by atoms with Crippen LogP contribution in [0.15, 0.2) is 57.7 Å². The molecule has 0 spiro atoms. The van der Waals surface area contributed by atoms with Gasteiger partial charge in [0.1, 0.15) is 11.3 Å². The van der Waals surface area contributed by atoms with Crippen molar-refractivity contribution in [1.29, 1.82) is 0 Å². The van der Waals surface area contributed by atoms with E-state index in [4.69, 9.17) is 9.15 Å². The van der Waals surface area contributed by atoms with Crippen molar-refractivity contribution in [2.24, 2.45) is 0 Å². The third-order valence-corrected chi connectivity index (χ3v) is 3.67. The van der Waals surface area contributed by atoms with E-state index in [1.807, 2.05) is 48.5 Å². The van der Waals surface area contributed by atoms with Gasteiger partial charge < -0.3 is 9.15 Å². The maximum absolute atomic E-state index is 12.2. The Kier molecular flexibility index (Phi) is 2.39. The van der Waals surface area contributed by atoms with Gasteiger partial charge >= 0.3 is 5.63 Å². The van der Waals surface area contributed by atoms with Crippen LogP contribution in [0.25, 0.3) is 22.1 Å². The molecule has 98 valence electrons. The van der Waals surface area contributed by atoms with Crippen molar-refractivity contribution >= 4 is 11.0 Å². The Labute approximate surface area is 115 Å². The minimum absolute atomic E-state index is 0.265. The molecule has 20 heavy (non-hydrogen) atoms. The average Bonchev–Trinajstić information content (AvgIpc) is 2.68. The smallest absolute Gasteiger partial charge is 0.340 e. The molecule has 0 fully saturated rings. The van der Waals surface area contributed by atoms with E-state index in [9.17, 15) is 4.79 Å². The van der Waals surface area contributed by atoms with Gasteiger partial charge in [0.15, 0.2) is 0 Å². The third-order valence-electron chi connectivity index (χ3n) is 3.67. The van der Waals surface area contributed by atoms with Crippen LogP contribution in [0.3, 0.4) is 0 Å². The molecule has 0 saturated heterocycles. The van der Waals surface area contributed by atoms with E-state index >= 15 is 0 Å². The lowest BCUT2D eigenvalue weighted by atomic mass is 9.96. The number of para-hydroxylation sites is 2. The second-order valence-electron chi connectivity index (χ2n) is 4.83. The summed E-state index contributed by atoms with van der Waals surface area (Å²) in [7, 11) is 0. The highest BCUT2D eigenvalue weighted by Crippen LogP contribution is 2.38. The third kappa shape index (κ3) is 1.56. The minimum atomic E-state index is -0.265. The van der Waals surface area contributed by atoms with E-state index in [0.29, 0.717) is 24.2 Å². The molecule has 0 saturated carbocycles. The standard InChI is InChI=1S/C17H12O3/c18-17-13-9-10-19-14-7-3-1-5-11(14)16(13)12-6-2-4-8-15(12)20-17/h1-8H,9-10H2. The van der Waals surface area contributed by atoms with Crippen LogP contribution in [0.5, 0.6) is 5.75 Å². The molecule has 3 nitrogen and oxygen atoms in total. The average molecular weight is 264 g/mol. The van der Waals surface area contributed by atoms with Gasteiger partial charge in [-0.05, 0) is 12.1 Å². The fourth-order valence-corrected chi connectivity index (χ4v) is 2.79. The molecule has 0 aliphatic carbocycles. The predicted molar refractivity (Wildman–Crippen MR) is 77.1 cm³/mol. The van der Waals surface area contributed by atoms with E-state index in [-0.39, 0.29) is 5.63 Å². The van der Waals surface area contributed by atoms with E-state index in [1.165, 1.54) is 0 Å². The zero-order valence-electron chi connectivity index (χ0n) is 10.8. The lowest BCUT2D eigenvalue weighted by Crippen LogP contribution is -2.11. The summed E-state index contributed by atoms with van der Waals surface area (Å²) in [6, 6.07) is 15.5. The molecule has 4 rings (SSSR count). The summed E-state index contributed by atoms with van der Waals surface area (Å²) in [6.45, 7) is 0.493. The topological polar surface area (TPSA) is 39.4 Å². The summed E-state index contributed by atoms with van der Waals surface area (Å²) in [4.78, 5) is 12.2. The number of benzene rings is 2. The Bertz CT molecular complexity index is 861. The second-order valence-corrected chi connectivity index (χ2v) is 4.83. The van der Waals surface area contributed by atoms with Gasteiger partial charge in [0.2, 0.25) is 0 Å². The molecule has 1 aromatic heterocycles. The lowest BCUT2D eigenvalue weighted by molar-refractivity contribution is 0.325. The molecular formula is C17H12O3. The number of rotatable bonds is 0. The number of hydrogen-bond donors (Lipinski definition) is 0. The van der Waals surface area contributed by atoms with Gasteiger partial charge in [-0.3, -0.25) is 0 Å².